The normalized spacial score (nSPS) is 20.2. The molecule has 108 valence electrons. The molecule has 1 aliphatic rings. The third kappa shape index (κ3) is 7.25. The Labute approximate surface area is 108 Å². The highest BCUT2D eigenvalue weighted by Crippen LogP contribution is 2.18. The Bertz CT molecular complexity index is 199. The van der Waals surface area contributed by atoms with E-state index in [9.17, 15) is 0 Å². The number of rotatable bonds is 9. The molecule has 0 atom stereocenters. The largest absolute Gasteiger partial charge is 0.394 e. The third-order valence-electron chi connectivity index (χ3n) is 2.42. The van der Waals surface area contributed by atoms with E-state index in [0.717, 1.165) is 0 Å². The highest BCUT2D eigenvalue weighted by molar-refractivity contribution is 4.67. The summed E-state index contributed by atoms with van der Waals surface area (Å²) < 4.78 is 26.8. The Morgan fingerprint density at radius 2 is 1.56 bits per heavy atom. The maximum absolute atomic E-state index is 8.48. The van der Waals surface area contributed by atoms with Crippen molar-refractivity contribution in [3.8, 4) is 0 Å². The molecule has 0 aromatic rings. The Morgan fingerprint density at radius 1 is 1.00 bits per heavy atom. The van der Waals surface area contributed by atoms with Crippen LogP contribution in [0, 0.1) is 0 Å². The molecule has 0 unspecified atom stereocenters. The van der Waals surface area contributed by atoms with Gasteiger partial charge < -0.3 is 28.8 Å². The van der Waals surface area contributed by atoms with Crippen molar-refractivity contribution < 1.29 is 28.8 Å². The number of hydrogen-bond donors (Lipinski definition) is 1. The fourth-order valence-electron chi connectivity index (χ4n) is 1.43. The standard InChI is InChI=1S/C12H24O6/c1-12(2)17-9-11(10-18-12)16-8-7-15-6-5-14-4-3-13/h11,13H,3-10H2,1-2H3. The zero-order valence-electron chi connectivity index (χ0n) is 11.2. The van der Waals surface area contributed by atoms with E-state index >= 15 is 0 Å². The van der Waals surface area contributed by atoms with E-state index in [4.69, 9.17) is 28.8 Å². The molecule has 1 aliphatic heterocycles. The highest BCUT2D eigenvalue weighted by atomic mass is 16.7. The molecular formula is C12H24O6. The molecule has 0 aliphatic carbocycles. The van der Waals surface area contributed by atoms with Crippen LogP contribution >= 0.6 is 0 Å². The Balaban J connectivity index is 1.87. The summed E-state index contributed by atoms with van der Waals surface area (Å²) in [5, 5.41) is 8.48. The van der Waals surface area contributed by atoms with Crippen LogP contribution in [0.1, 0.15) is 13.8 Å². The van der Waals surface area contributed by atoms with Gasteiger partial charge in [0.25, 0.3) is 0 Å². The van der Waals surface area contributed by atoms with Crippen molar-refractivity contribution in [1.82, 2.24) is 0 Å². The van der Waals surface area contributed by atoms with Crippen LogP contribution in [0.3, 0.4) is 0 Å². The van der Waals surface area contributed by atoms with Gasteiger partial charge in [-0.05, 0) is 13.8 Å². The summed E-state index contributed by atoms with van der Waals surface area (Å²) in [7, 11) is 0. The second-order valence-corrected chi connectivity index (χ2v) is 4.46. The molecule has 1 saturated heterocycles. The molecule has 0 aromatic heterocycles. The average Bonchev–Trinajstić information content (AvgIpc) is 2.34. The van der Waals surface area contributed by atoms with Crippen LogP contribution in [0.15, 0.2) is 0 Å². The fraction of sp³-hybridized carbons (Fsp3) is 1.00. The van der Waals surface area contributed by atoms with Gasteiger partial charge in [-0.2, -0.15) is 0 Å². The fourth-order valence-corrected chi connectivity index (χ4v) is 1.43. The first-order chi connectivity index (χ1) is 8.64. The first kappa shape index (κ1) is 15.8. The van der Waals surface area contributed by atoms with Crippen LogP contribution in [0.5, 0.6) is 0 Å². The summed E-state index contributed by atoms with van der Waals surface area (Å²) in [6.07, 6.45) is -0.0211. The van der Waals surface area contributed by atoms with Crippen molar-refractivity contribution in [3.05, 3.63) is 0 Å². The SMILES string of the molecule is CC1(C)OCC(OCCOCCOCCO)CO1. The predicted octanol–water partition coefficient (Wildman–Crippen LogP) is 0.180. The van der Waals surface area contributed by atoms with Gasteiger partial charge in [-0.25, -0.2) is 0 Å². The van der Waals surface area contributed by atoms with Crippen LogP contribution in [0.2, 0.25) is 0 Å². The monoisotopic (exact) mass is 264 g/mol. The van der Waals surface area contributed by atoms with Crippen LogP contribution in [-0.4, -0.2) is 69.9 Å². The molecule has 1 heterocycles. The summed E-state index contributed by atoms with van der Waals surface area (Å²) >= 11 is 0. The quantitative estimate of drug-likeness (QED) is 0.599. The Hall–Kier alpha value is -0.240. The number of aliphatic hydroxyl groups is 1. The van der Waals surface area contributed by atoms with Gasteiger partial charge in [-0.1, -0.05) is 0 Å². The molecule has 1 fully saturated rings. The summed E-state index contributed by atoms with van der Waals surface area (Å²) in [6, 6.07) is 0. The average molecular weight is 264 g/mol. The molecule has 0 bridgehead atoms. The van der Waals surface area contributed by atoms with Gasteiger partial charge in [0.05, 0.1) is 52.9 Å². The zero-order valence-corrected chi connectivity index (χ0v) is 11.2. The molecule has 0 saturated carbocycles. The minimum absolute atomic E-state index is 0.0211. The second kappa shape index (κ2) is 8.79. The van der Waals surface area contributed by atoms with E-state index in [1.54, 1.807) is 0 Å². The summed E-state index contributed by atoms with van der Waals surface area (Å²) in [5.41, 5.74) is 0. The second-order valence-electron chi connectivity index (χ2n) is 4.46. The van der Waals surface area contributed by atoms with Gasteiger partial charge in [0, 0.05) is 0 Å². The molecular weight excluding hydrogens is 240 g/mol. The molecule has 1 N–H and O–H groups in total. The number of aliphatic hydroxyl groups excluding tert-OH is 1. The van der Waals surface area contributed by atoms with Gasteiger partial charge >= 0.3 is 0 Å². The van der Waals surface area contributed by atoms with Crippen LogP contribution in [0.25, 0.3) is 0 Å². The Kier molecular flexibility index (Phi) is 7.73. The Morgan fingerprint density at radius 3 is 2.17 bits per heavy atom. The maximum atomic E-state index is 8.48. The lowest BCUT2D eigenvalue weighted by molar-refractivity contribution is -0.280. The van der Waals surface area contributed by atoms with E-state index in [0.29, 0.717) is 46.2 Å². The lowest BCUT2D eigenvalue weighted by Gasteiger charge is -2.34. The summed E-state index contributed by atoms with van der Waals surface area (Å²) in [6.45, 7) is 7.29. The topological polar surface area (TPSA) is 66.4 Å². The van der Waals surface area contributed by atoms with Gasteiger partial charge in [-0.15, -0.1) is 0 Å². The van der Waals surface area contributed by atoms with Gasteiger partial charge in [0.15, 0.2) is 5.79 Å². The molecule has 0 amide bonds. The van der Waals surface area contributed by atoms with E-state index in [2.05, 4.69) is 0 Å². The van der Waals surface area contributed by atoms with Crippen LogP contribution in [0.4, 0.5) is 0 Å². The van der Waals surface area contributed by atoms with Crippen molar-refractivity contribution in [1.29, 1.82) is 0 Å². The smallest absolute Gasteiger partial charge is 0.163 e. The molecule has 6 heteroatoms. The zero-order chi connectivity index (χ0) is 13.3. The van der Waals surface area contributed by atoms with Crippen LogP contribution in [-0.2, 0) is 23.7 Å². The van der Waals surface area contributed by atoms with Crippen molar-refractivity contribution in [2.45, 2.75) is 25.7 Å². The number of ether oxygens (including phenoxy) is 5. The van der Waals surface area contributed by atoms with Crippen molar-refractivity contribution in [2.24, 2.45) is 0 Å². The maximum Gasteiger partial charge on any atom is 0.163 e. The molecule has 0 spiro atoms. The van der Waals surface area contributed by atoms with Crippen molar-refractivity contribution in [2.75, 3.05) is 52.9 Å². The highest BCUT2D eigenvalue weighted by Gasteiger charge is 2.28. The van der Waals surface area contributed by atoms with Crippen molar-refractivity contribution >= 4 is 0 Å². The first-order valence-corrected chi connectivity index (χ1v) is 6.30. The van der Waals surface area contributed by atoms with Gasteiger partial charge in [0.1, 0.15) is 6.10 Å². The third-order valence-corrected chi connectivity index (χ3v) is 2.42. The summed E-state index contributed by atoms with van der Waals surface area (Å²) in [5.74, 6) is -0.500. The minimum Gasteiger partial charge on any atom is -0.394 e. The summed E-state index contributed by atoms with van der Waals surface area (Å²) in [4.78, 5) is 0. The molecule has 18 heavy (non-hydrogen) atoms. The predicted molar refractivity (Wildman–Crippen MR) is 64.4 cm³/mol. The lowest BCUT2D eigenvalue weighted by Crippen LogP contribution is -2.43. The van der Waals surface area contributed by atoms with E-state index in [1.165, 1.54) is 0 Å². The molecule has 0 radical (unpaired) electrons. The minimum atomic E-state index is -0.500. The lowest BCUT2D eigenvalue weighted by atomic mass is 10.3. The molecule has 6 nitrogen and oxygen atoms in total. The van der Waals surface area contributed by atoms with Crippen molar-refractivity contribution in [3.63, 3.8) is 0 Å². The van der Waals surface area contributed by atoms with Gasteiger partial charge in [-0.3, -0.25) is 0 Å². The first-order valence-electron chi connectivity index (χ1n) is 6.30. The van der Waals surface area contributed by atoms with E-state index < -0.39 is 5.79 Å². The van der Waals surface area contributed by atoms with E-state index in [-0.39, 0.29) is 12.7 Å². The van der Waals surface area contributed by atoms with E-state index in [1.807, 2.05) is 13.8 Å². The van der Waals surface area contributed by atoms with Gasteiger partial charge in [0.2, 0.25) is 0 Å². The molecule has 1 rings (SSSR count). The molecule has 0 aromatic carbocycles. The number of hydrogen-bond acceptors (Lipinski definition) is 6. The van der Waals surface area contributed by atoms with Crippen LogP contribution < -0.4 is 0 Å².